The third-order valence-corrected chi connectivity index (χ3v) is 8.21. The average Bonchev–Trinajstić information content (AvgIpc) is 3.77. The molecule has 0 saturated heterocycles. The zero-order chi connectivity index (χ0) is 31.5. The number of hydrogen-bond donors (Lipinski definition) is 0. The summed E-state index contributed by atoms with van der Waals surface area (Å²) in [7, 11) is 0. The number of hydrogen-bond acceptors (Lipinski definition) is 8. The number of nitrogens with zero attached hydrogens (tertiary/aromatic N) is 1. The van der Waals surface area contributed by atoms with E-state index in [1.165, 1.54) is 0 Å². The van der Waals surface area contributed by atoms with Crippen LogP contribution in [0, 0.1) is 5.92 Å². The van der Waals surface area contributed by atoms with Crippen LogP contribution in [0.15, 0.2) is 59.4 Å². The molecule has 0 N–H and O–H groups in total. The summed E-state index contributed by atoms with van der Waals surface area (Å²) >= 11 is 0. The number of aromatic nitrogens is 1. The van der Waals surface area contributed by atoms with Gasteiger partial charge in [-0.3, -0.25) is 4.79 Å². The number of carbonyl (C=O) groups excluding carboxylic acids is 2. The molecule has 2 aliphatic rings. The van der Waals surface area contributed by atoms with Crippen LogP contribution in [0.3, 0.4) is 0 Å². The topological polar surface area (TPSA) is 102 Å². The third-order valence-electron chi connectivity index (χ3n) is 8.21. The van der Waals surface area contributed by atoms with Crippen LogP contribution < -0.4 is 19.6 Å². The van der Waals surface area contributed by atoms with Gasteiger partial charge in [-0.2, -0.15) is 0 Å². The van der Waals surface area contributed by atoms with Crippen molar-refractivity contribution >= 4 is 22.8 Å². The van der Waals surface area contributed by atoms with E-state index < -0.39 is 11.9 Å². The van der Waals surface area contributed by atoms with Crippen molar-refractivity contribution in [3.63, 3.8) is 0 Å². The molecule has 4 aromatic rings. The van der Waals surface area contributed by atoms with Gasteiger partial charge in [-0.1, -0.05) is 19.1 Å². The molecule has 3 aromatic carbocycles. The van der Waals surface area contributed by atoms with Gasteiger partial charge in [0.1, 0.15) is 11.4 Å². The molecule has 1 saturated carbocycles. The molecule has 0 atom stereocenters. The molecule has 2 heterocycles. The van der Waals surface area contributed by atoms with E-state index in [2.05, 4.69) is 6.92 Å². The fourth-order valence-corrected chi connectivity index (χ4v) is 5.73. The second-order valence-corrected chi connectivity index (χ2v) is 11.3. The highest BCUT2D eigenvalue weighted by atomic mass is 16.7. The van der Waals surface area contributed by atoms with Gasteiger partial charge in [-0.25, -0.2) is 9.59 Å². The lowest BCUT2D eigenvalue weighted by molar-refractivity contribution is 0.0507. The summed E-state index contributed by atoms with van der Waals surface area (Å²) in [6.07, 6.45) is 3.12. The number of aryl methyl sites for hydroxylation is 1. The molecular formula is C36H37NO8. The summed E-state index contributed by atoms with van der Waals surface area (Å²) in [5.41, 5.74) is 3.78. The summed E-state index contributed by atoms with van der Waals surface area (Å²) in [5, 5.41) is 0.437. The standard InChI is InChI=1S/C36H37NO8/c1-4-24-16-31-32(45-21-44-31)17-26(24)19-37-30-13-12-27(43-20-22-10-11-22)18-28(30)34(38)29(33(37)36(40)42-6-3)15-23-8-7-9-25(14-23)35(39)41-5-2/h7-9,12-14,16-18,22H,4-6,10-11,15,19-21H2,1-3H3. The number of esters is 2. The Balaban J connectivity index is 1.54. The molecule has 1 aliphatic carbocycles. The SMILES string of the molecule is CCOC(=O)c1cccc(Cc2c(C(=O)OCC)n(Cc3cc4c(cc3CC)OCO4)c3ccc(OCC4CC4)cc3c2=O)c1. The Morgan fingerprint density at radius 1 is 0.889 bits per heavy atom. The fraction of sp³-hybridized carbons (Fsp3) is 0.361. The molecule has 234 valence electrons. The quantitative estimate of drug-likeness (QED) is 0.178. The van der Waals surface area contributed by atoms with Crippen molar-refractivity contribution in [1.29, 1.82) is 0 Å². The van der Waals surface area contributed by atoms with Crippen molar-refractivity contribution in [1.82, 2.24) is 4.57 Å². The van der Waals surface area contributed by atoms with E-state index in [1.807, 2.05) is 34.9 Å². The maximum Gasteiger partial charge on any atom is 0.355 e. The molecule has 0 amide bonds. The molecule has 0 bridgehead atoms. The lowest BCUT2D eigenvalue weighted by Gasteiger charge is -2.22. The summed E-state index contributed by atoms with van der Waals surface area (Å²) in [5.74, 6) is 1.43. The third kappa shape index (κ3) is 6.38. The number of benzene rings is 3. The second-order valence-electron chi connectivity index (χ2n) is 11.3. The van der Waals surface area contributed by atoms with Crippen LogP contribution >= 0.6 is 0 Å². The maximum absolute atomic E-state index is 14.4. The highest BCUT2D eigenvalue weighted by molar-refractivity contribution is 5.94. The molecule has 9 nitrogen and oxygen atoms in total. The Bertz CT molecular complexity index is 1820. The largest absolute Gasteiger partial charge is 0.493 e. The van der Waals surface area contributed by atoms with Gasteiger partial charge < -0.3 is 28.3 Å². The first-order valence-corrected chi connectivity index (χ1v) is 15.6. The highest BCUT2D eigenvalue weighted by Crippen LogP contribution is 2.36. The predicted octanol–water partition coefficient (Wildman–Crippen LogP) is 6.07. The van der Waals surface area contributed by atoms with E-state index in [0.29, 0.717) is 51.8 Å². The van der Waals surface area contributed by atoms with Crippen molar-refractivity contribution in [2.45, 2.75) is 53.0 Å². The van der Waals surface area contributed by atoms with E-state index in [-0.39, 0.29) is 49.7 Å². The zero-order valence-corrected chi connectivity index (χ0v) is 25.9. The second kappa shape index (κ2) is 13.1. The van der Waals surface area contributed by atoms with Crippen LogP contribution in [0.1, 0.15) is 76.7 Å². The molecular weight excluding hydrogens is 574 g/mol. The fourth-order valence-electron chi connectivity index (χ4n) is 5.73. The first-order valence-electron chi connectivity index (χ1n) is 15.6. The molecule has 6 rings (SSSR count). The summed E-state index contributed by atoms with van der Waals surface area (Å²) < 4.78 is 30.0. The number of fused-ring (bicyclic) bond motifs is 2. The number of carbonyl (C=O) groups is 2. The Labute approximate surface area is 261 Å². The van der Waals surface area contributed by atoms with Gasteiger partial charge >= 0.3 is 11.9 Å². The summed E-state index contributed by atoms with van der Waals surface area (Å²) in [6.45, 7) is 6.96. The summed E-state index contributed by atoms with van der Waals surface area (Å²) in [6, 6.07) is 16.3. The van der Waals surface area contributed by atoms with Gasteiger partial charge in [-0.15, -0.1) is 0 Å². The van der Waals surface area contributed by atoms with Crippen LogP contribution in [-0.4, -0.2) is 43.1 Å². The molecule has 1 aliphatic heterocycles. The monoisotopic (exact) mass is 611 g/mol. The Morgan fingerprint density at radius 2 is 1.62 bits per heavy atom. The first kappa shape index (κ1) is 30.2. The van der Waals surface area contributed by atoms with Gasteiger partial charge in [0, 0.05) is 23.9 Å². The number of ether oxygens (including phenoxy) is 5. The zero-order valence-electron chi connectivity index (χ0n) is 25.9. The molecule has 1 aromatic heterocycles. The molecule has 9 heteroatoms. The highest BCUT2D eigenvalue weighted by Gasteiger charge is 2.27. The van der Waals surface area contributed by atoms with Crippen molar-refractivity contribution in [2.24, 2.45) is 5.92 Å². The number of rotatable bonds is 12. The van der Waals surface area contributed by atoms with Crippen molar-refractivity contribution in [2.75, 3.05) is 26.6 Å². The van der Waals surface area contributed by atoms with Crippen LogP contribution in [0.5, 0.6) is 17.2 Å². The van der Waals surface area contributed by atoms with Crippen LogP contribution in [0.4, 0.5) is 0 Å². The van der Waals surface area contributed by atoms with Gasteiger partial charge in [0.15, 0.2) is 16.9 Å². The van der Waals surface area contributed by atoms with Crippen LogP contribution in [-0.2, 0) is 28.9 Å². The van der Waals surface area contributed by atoms with Crippen molar-refractivity contribution in [3.05, 3.63) is 98.3 Å². The van der Waals surface area contributed by atoms with Gasteiger partial charge in [0.25, 0.3) is 0 Å². The van der Waals surface area contributed by atoms with Gasteiger partial charge in [0.05, 0.1) is 30.9 Å². The minimum absolute atomic E-state index is 0.102. The van der Waals surface area contributed by atoms with E-state index in [1.54, 1.807) is 38.1 Å². The molecule has 45 heavy (non-hydrogen) atoms. The predicted molar refractivity (Wildman–Crippen MR) is 169 cm³/mol. The maximum atomic E-state index is 14.4. The minimum Gasteiger partial charge on any atom is -0.493 e. The molecule has 0 spiro atoms. The normalized spacial score (nSPS) is 13.6. The van der Waals surface area contributed by atoms with Gasteiger partial charge in [0.2, 0.25) is 6.79 Å². The molecule has 0 radical (unpaired) electrons. The molecule has 1 fully saturated rings. The van der Waals surface area contributed by atoms with E-state index in [4.69, 9.17) is 23.7 Å². The molecule has 0 unspecified atom stereocenters. The van der Waals surface area contributed by atoms with Crippen molar-refractivity contribution < 1.29 is 33.3 Å². The lowest BCUT2D eigenvalue weighted by atomic mass is 9.97. The van der Waals surface area contributed by atoms with Crippen molar-refractivity contribution in [3.8, 4) is 17.2 Å². The van der Waals surface area contributed by atoms with Gasteiger partial charge in [-0.05, 0) is 98.2 Å². The van der Waals surface area contributed by atoms with E-state index >= 15 is 0 Å². The Morgan fingerprint density at radius 3 is 2.33 bits per heavy atom. The minimum atomic E-state index is -0.596. The smallest absolute Gasteiger partial charge is 0.355 e. The van der Waals surface area contributed by atoms with Crippen LogP contribution in [0.25, 0.3) is 10.9 Å². The summed E-state index contributed by atoms with van der Waals surface area (Å²) in [4.78, 5) is 40.7. The van der Waals surface area contributed by atoms with E-state index in [0.717, 1.165) is 30.4 Å². The van der Waals surface area contributed by atoms with Crippen LogP contribution in [0.2, 0.25) is 0 Å². The van der Waals surface area contributed by atoms with E-state index in [9.17, 15) is 14.4 Å². The first-order chi connectivity index (χ1) is 21.9. The lowest BCUT2D eigenvalue weighted by Crippen LogP contribution is -2.26. The Hall–Kier alpha value is -4.79. The Kier molecular flexibility index (Phi) is 8.78. The number of pyridine rings is 1. The average molecular weight is 612 g/mol.